The molecule has 33 heavy (non-hydrogen) atoms. The Kier molecular flexibility index (Phi) is 4.49. The lowest BCUT2D eigenvalue weighted by atomic mass is 9.90. The SMILES string of the molecule is C[C@]12C3CC(CN3C(=O)c3ccccc3)N1C(=O)N(c1ccc(C#N)c(C(F)(F)F)c1)C2O. The Morgan fingerprint density at radius 2 is 1.91 bits per heavy atom. The number of likely N-dealkylation sites (tertiary alicyclic amines) is 1. The smallest absolute Gasteiger partial charge is 0.371 e. The van der Waals surface area contributed by atoms with E-state index in [9.17, 15) is 27.9 Å². The number of benzene rings is 2. The topological polar surface area (TPSA) is 87.9 Å². The van der Waals surface area contributed by atoms with E-state index in [-0.39, 0.29) is 24.2 Å². The molecule has 3 saturated heterocycles. The number of alkyl halides is 3. The van der Waals surface area contributed by atoms with Crippen molar-refractivity contribution >= 4 is 17.6 Å². The van der Waals surface area contributed by atoms with Crippen molar-refractivity contribution in [2.45, 2.75) is 43.4 Å². The van der Waals surface area contributed by atoms with Crippen LogP contribution in [0.5, 0.6) is 0 Å². The number of aliphatic hydroxyl groups is 1. The Morgan fingerprint density at radius 3 is 2.55 bits per heavy atom. The fourth-order valence-corrected chi connectivity index (χ4v) is 5.49. The highest BCUT2D eigenvalue weighted by Crippen LogP contribution is 2.51. The summed E-state index contributed by atoms with van der Waals surface area (Å²) in [4.78, 5) is 30.4. The number of nitriles is 1. The fourth-order valence-electron chi connectivity index (χ4n) is 5.49. The first-order chi connectivity index (χ1) is 15.6. The lowest BCUT2D eigenvalue weighted by Crippen LogP contribution is -2.63. The number of urea groups is 1. The minimum Gasteiger partial charge on any atom is -0.371 e. The Labute approximate surface area is 187 Å². The van der Waals surface area contributed by atoms with Gasteiger partial charge in [-0.15, -0.1) is 0 Å². The summed E-state index contributed by atoms with van der Waals surface area (Å²) in [6.07, 6.45) is -5.81. The van der Waals surface area contributed by atoms with Crippen LogP contribution in [0, 0.1) is 11.3 Å². The van der Waals surface area contributed by atoms with Gasteiger partial charge in [0.05, 0.1) is 29.3 Å². The third-order valence-corrected chi connectivity index (χ3v) is 7.01. The molecule has 0 saturated carbocycles. The second-order valence-corrected chi connectivity index (χ2v) is 8.69. The number of hydrogen-bond donors (Lipinski definition) is 1. The molecule has 5 rings (SSSR count). The number of carbonyl (C=O) groups is 2. The molecule has 0 radical (unpaired) electrons. The summed E-state index contributed by atoms with van der Waals surface area (Å²) in [6, 6.07) is 11.6. The van der Waals surface area contributed by atoms with Gasteiger partial charge in [0.15, 0.2) is 6.23 Å². The van der Waals surface area contributed by atoms with Crippen molar-refractivity contribution in [2.75, 3.05) is 11.4 Å². The highest BCUT2D eigenvalue weighted by molar-refractivity contribution is 5.99. The number of rotatable bonds is 2. The fraction of sp³-hybridized carbons (Fsp3) is 0.348. The molecule has 4 atom stereocenters. The van der Waals surface area contributed by atoms with Crippen LogP contribution in [-0.2, 0) is 6.18 Å². The largest absolute Gasteiger partial charge is 0.417 e. The van der Waals surface area contributed by atoms with Gasteiger partial charge in [-0.3, -0.25) is 9.69 Å². The summed E-state index contributed by atoms with van der Waals surface area (Å²) in [7, 11) is 0. The van der Waals surface area contributed by atoms with E-state index in [0.717, 1.165) is 11.0 Å². The molecular formula is C23H19F3N4O3. The zero-order chi connectivity index (χ0) is 23.7. The third-order valence-electron chi connectivity index (χ3n) is 7.01. The maximum absolute atomic E-state index is 13.5. The Morgan fingerprint density at radius 1 is 1.21 bits per heavy atom. The molecule has 2 aromatic rings. The average molecular weight is 456 g/mol. The van der Waals surface area contributed by atoms with Gasteiger partial charge >= 0.3 is 12.2 Å². The molecule has 3 fully saturated rings. The van der Waals surface area contributed by atoms with Crippen molar-refractivity contribution < 1.29 is 27.9 Å². The molecule has 0 aromatic heterocycles. The molecule has 1 N–H and O–H groups in total. The predicted octanol–water partition coefficient (Wildman–Crippen LogP) is 3.19. The average Bonchev–Trinajstić information content (AvgIpc) is 3.41. The lowest BCUT2D eigenvalue weighted by Gasteiger charge is -2.44. The second kappa shape index (κ2) is 6.96. The number of amides is 3. The van der Waals surface area contributed by atoms with Gasteiger partial charge in [-0.1, -0.05) is 18.2 Å². The van der Waals surface area contributed by atoms with Crippen LogP contribution in [0.1, 0.15) is 34.8 Å². The van der Waals surface area contributed by atoms with Crippen molar-refractivity contribution in [3.63, 3.8) is 0 Å². The molecule has 0 aliphatic carbocycles. The van der Waals surface area contributed by atoms with E-state index in [1.165, 1.54) is 17.0 Å². The second-order valence-electron chi connectivity index (χ2n) is 8.69. The molecule has 2 aromatic carbocycles. The van der Waals surface area contributed by atoms with E-state index >= 15 is 0 Å². The van der Waals surface area contributed by atoms with Crippen molar-refractivity contribution in [2.24, 2.45) is 0 Å². The molecule has 3 amide bonds. The first-order valence-electron chi connectivity index (χ1n) is 10.4. The zero-order valence-corrected chi connectivity index (χ0v) is 17.5. The third kappa shape index (κ3) is 2.85. The lowest BCUT2D eigenvalue weighted by molar-refractivity contribution is -0.137. The Bertz CT molecular complexity index is 1200. The van der Waals surface area contributed by atoms with Crippen LogP contribution in [0.3, 0.4) is 0 Å². The van der Waals surface area contributed by atoms with Crippen LogP contribution in [0.2, 0.25) is 0 Å². The molecule has 3 aliphatic heterocycles. The number of anilines is 1. The molecule has 3 aliphatic rings. The molecule has 170 valence electrons. The molecule has 0 spiro atoms. The number of halogens is 3. The maximum Gasteiger partial charge on any atom is 0.417 e. The summed E-state index contributed by atoms with van der Waals surface area (Å²) < 4.78 is 40.4. The van der Waals surface area contributed by atoms with Gasteiger partial charge in [0, 0.05) is 17.8 Å². The van der Waals surface area contributed by atoms with E-state index in [1.807, 2.05) is 0 Å². The summed E-state index contributed by atoms with van der Waals surface area (Å²) >= 11 is 0. The number of piperazine rings is 1. The number of fused-ring (bicyclic) bond motifs is 5. The molecule has 10 heteroatoms. The maximum atomic E-state index is 13.5. The van der Waals surface area contributed by atoms with E-state index in [2.05, 4.69) is 0 Å². The zero-order valence-electron chi connectivity index (χ0n) is 17.5. The van der Waals surface area contributed by atoms with E-state index in [1.54, 1.807) is 42.2 Å². The predicted molar refractivity (Wildman–Crippen MR) is 110 cm³/mol. The molecule has 3 heterocycles. The van der Waals surface area contributed by atoms with Crippen molar-refractivity contribution in [3.8, 4) is 6.07 Å². The van der Waals surface area contributed by atoms with Gasteiger partial charge in [-0.25, -0.2) is 4.79 Å². The minimum atomic E-state index is -4.80. The normalized spacial score (nSPS) is 28.3. The first kappa shape index (κ1) is 21.3. The van der Waals surface area contributed by atoms with Crippen LogP contribution < -0.4 is 4.90 Å². The highest BCUT2D eigenvalue weighted by atomic mass is 19.4. The highest BCUT2D eigenvalue weighted by Gasteiger charge is 2.69. The number of nitrogens with zero attached hydrogens (tertiary/aromatic N) is 4. The van der Waals surface area contributed by atoms with Gasteiger partial charge in [0.25, 0.3) is 5.91 Å². The van der Waals surface area contributed by atoms with Crippen molar-refractivity contribution in [1.82, 2.24) is 9.80 Å². The minimum absolute atomic E-state index is 0.158. The van der Waals surface area contributed by atoms with Gasteiger partial charge in [-0.05, 0) is 43.7 Å². The van der Waals surface area contributed by atoms with Gasteiger partial charge in [0.1, 0.15) is 5.54 Å². The van der Waals surface area contributed by atoms with Crippen LogP contribution in [-0.4, -0.2) is 57.2 Å². The Hall–Kier alpha value is -3.58. The van der Waals surface area contributed by atoms with Crippen LogP contribution in [0.4, 0.5) is 23.7 Å². The van der Waals surface area contributed by atoms with Crippen molar-refractivity contribution in [1.29, 1.82) is 5.26 Å². The molecule has 3 unspecified atom stereocenters. The monoisotopic (exact) mass is 456 g/mol. The van der Waals surface area contributed by atoms with Gasteiger partial charge < -0.3 is 14.9 Å². The Balaban J connectivity index is 1.51. The molecule has 2 bridgehead atoms. The van der Waals surface area contributed by atoms with E-state index in [0.29, 0.717) is 18.1 Å². The quantitative estimate of drug-likeness (QED) is 0.752. The summed E-state index contributed by atoms with van der Waals surface area (Å²) in [6.45, 7) is 1.93. The molecule has 7 nitrogen and oxygen atoms in total. The number of carbonyl (C=O) groups excluding carboxylic acids is 2. The van der Waals surface area contributed by atoms with Crippen LogP contribution in [0.15, 0.2) is 48.5 Å². The van der Waals surface area contributed by atoms with E-state index in [4.69, 9.17) is 5.26 Å². The molecular weight excluding hydrogens is 437 g/mol. The number of hydrogen-bond acceptors (Lipinski definition) is 4. The van der Waals surface area contributed by atoms with Crippen LogP contribution >= 0.6 is 0 Å². The van der Waals surface area contributed by atoms with Crippen molar-refractivity contribution in [3.05, 3.63) is 65.2 Å². The standard InChI is InChI=1S/C23H19F3N4O3/c1-22-18-10-16(12-28(18)19(31)13-5-3-2-4-6-13)30(22)21(33)29(20(22)32)15-8-7-14(11-27)17(9-15)23(24,25)26/h2-9,16,18,20,32H,10,12H2,1H3/t16?,18?,20?,22-/m1/s1. The van der Waals surface area contributed by atoms with Gasteiger partial charge in [0.2, 0.25) is 0 Å². The number of aliphatic hydroxyl groups excluding tert-OH is 1. The first-order valence-corrected chi connectivity index (χ1v) is 10.4. The van der Waals surface area contributed by atoms with Crippen LogP contribution in [0.25, 0.3) is 0 Å². The van der Waals surface area contributed by atoms with E-state index < -0.39 is 41.1 Å². The summed E-state index contributed by atoms with van der Waals surface area (Å²) in [5.74, 6) is -0.222. The summed E-state index contributed by atoms with van der Waals surface area (Å²) in [5, 5.41) is 20.3. The summed E-state index contributed by atoms with van der Waals surface area (Å²) in [5.41, 5.74) is -2.62. The van der Waals surface area contributed by atoms with Gasteiger partial charge in [-0.2, -0.15) is 18.4 Å².